The number of benzene rings is 2. The second-order valence-corrected chi connectivity index (χ2v) is 6.78. The molecule has 8 heteroatoms. The Kier molecular flexibility index (Phi) is 4.68. The molecule has 0 saturated carbocycles. The van der Waals surface area contributed by atoms with E-state index in [9.17, 15) is 9.59 Å². The van der Waals surface area contributed by atoms with Crippen LogP contribution in [0.5, 0.6) is 0 Å². The van der Waals surface area contributed by atoms with E-state index in [-0.39, 0.29) is 18.2 Å². The second kappa shape index (κ2) is 7.28. The molecule has 0 fully saturated rings. The van der Waals surface area contributed by atoms with Crippen LogP contribution in [0.15, 0.2) is 42.5 Å². The van der Waals surface area contributed by atoms with Crippen LogP contribution in [0.3, 0.4) is 0 Å². The predicted molar refractivity (Wildman–Crippen MR) is 101 cm³/mol. The van der Waals surface area contributed by atoms with Gasteiger partial charge < -0.3 is 5.32 Å². The molecule has 27 heavy (non-hydrogen) atoms. The first-order chi connectivity index (χ1) is 13.1. The summed E-state index contributed by atoms with van der Waals surface area (Å²) in [5, 5.41) is 15.5. The Morgan fingerprint density at radius 1 is 1.15 bits per heavy atom. The van der Waals surface area contributed by atoms with Gasteiger partial charge in [-0.2, -0.15) is 4.80 Å². The number of carbonyl (C=O) groups is 2. The minimum absolute atomic E-state index is 0.0778. The molecule has 0 atom stereocenters. The van der Waals surface area contributed by atoms with Gasteiger partial charge in [-0.3, -0.25) is 9.59 Å². The monoisotopic (exact) mass is 381 g/mol. The molecule has 1 aromatic heterocycles. The van der Waals surface area contributed by atoms with Crippen LogP contribution < -0.4 is 5.32 Å². The summed E-state index contributed by atoms with van der Waals surface area (Å²) in [5.41, 5.74) is 3.09. The van der Waals surface area contributed by atoms with Crippen molar-refractivity contribution in [1.29, 1.82) is 0 Å². The highest BCUT2D eigenvalue weighted by atomic mass is 35.5. The topological polar surface area (TPSA) is 89.8 Å². The fourth-order valence-electron chi connectivity index (χ4n) is 3.06. The van der Waals surface area contributed by atoms with Crippen LogP contribution in [0.2, 0.25) is 5.02 Å². The zero-order valence-electron chi connectivity index (χ0n) is 14.4. The Balaban J connectivity index is 1.43. The van der Waals surface area contributed by atoms with Gasteiger partial charge in [-0.05, 0) is 60.0 Å². The summed E-state index contributed by atoms with van der Waals surface area (Å²) in [6.07, 6.45) is 2.33. The summed E-state index contributed by atoms with van der Waals surface area (Å²) in [5.74, 6) is 0.245. The van der Waals surface area contributed by atoms with Crippen molar-refractivity contribution < 1.29 is 9.59 Å². The van der Waals surface area contributed by atoms with Gasteiger partial charge in [0, 0.05) is 28.3 Å². The predicted octanol–water partition coefficient (Wildman–Crippen LogP) is 3.15. The van der Waals surface area contributed by atoms with Gasteiger partial charge in [0.1, 0.15) is 6.54 Å². The van der Waals surface area contributed by atoms with E-state index in [2.05, 4.69) is 20.7 Å². The number of Topliss-reactive ketones (excluding diaryl/α,β-unsaturated/α-hetero) is 1. The third kappa shape index (κ3) is 3.88. The molecular weight excluding hydrogens is 366 g/mol. The SMILES string of the molecule is O=C(Cn1nnc(-c2ccc(Cl)cc2)n1)Nc1ccc2c(c1)C(=O)CCC2. The maximum Gasteiger partial charge on any atom is 0.248 e. The summed E-state index contributed by atoms with van der Waals surface area (Å²) >= 11 is 5.87. The van der Waals surface area contributed by atoms with Gasteiger partial charge in [0.2, 0.25) is 11.7 Å². The molecular formula is C19H16ClN5O2. The lowest BCUT2D eigenvalue weighted by molar-refractivity contribution is -0.117. The molecule has 1 aliphatic rings. The summed E-state index contributed by atoms with van der Waals surface area (Å²) in [6.45, 7) is -0.0778. The molecule has 136 valence electrons. The summed E-state index contributed by atoms with van der Waals surface area (Å²) in [4.78, 5) is 25.5. The Morgan fingerprint density at radius 3 is 2.78 bits per heavy atom. The third-order valence-corrected chi connectivity index (χ3v) is 4.64. The van der Waals surface area contributed by atoms with Crippen LogP contribution in [0.1, 0.15) is 28.8 Å². The average molecular weight is 382 g/mol. The summed E-state index contributed by atoms with van der Waals surface area (Å²) < 4.78 is 0. The first-order valence-corrected chi connectivity index (χ1v) is 8.96. The van der Waals surface area contributed by atoms with Crippen molar-refractivity contribution in [3.8, 4) is 11.4 Å². The number of hydrogen-bond donors (Lipinski definition) is 1. The van der Waals surface area contributed by atoms with E-state index in [4.69, 9.17) is 11.6 Å². The van der Waals surface area contributed by atoms with Crippen LogP contribution in [-0.4, -0.2) is 31.9 Å². The third-order valence-electron chi connectivity index (χ3n) is 4.38. The minimum Gasteiger partial charge on any atom is -0.324 e. The highest BCUT2D eigenvalue weighted by molar-refractivity contribution is 6.30. The zero-order valence-corrected chi connectivity index (χ0v) is 15.1. The van der Waals surface area contributed by atoms with E-state index in [1.165, 1.54) is 4.80 Å². The molecule has 1 amide bonds. The number of amides is 1. The van der Waals surface area contributed by atoms with Crippen molar-refractivity contribution in [3.05, 3.63) is 58.6 Å². The summed E-state index contributed by atoms with van der Waals surface area (Å²) in [7, 11) is 0. The van der Waals surface area contributed by atoms with Crippen LogP contribution in [0.25, 0.3) is 11.4 Å². The number of hydrogen-bond acceptors (Lipinski definition) is 5. The molecule has 3 aromatic rings. The average Bonchev–Trinajstić information content (AvgIpc) is 3.11. The highest BCUT2D eigenvalue weighted by Gasteiger charge is 2.18. The number of fused-ring (bicyclic) bond motifs is 1. The number of tetrazole rings is 1. The Bertz CT molecular complexity index is 1010. The van der Waals surface area contributed by atoms with Crippen molar-refractivity contribution in [1.82, 2.24) is 20.2 Å². The number of ketones is 1. The standard InChI is InChI=1S/C19H16ClN5O2/c20-14-7-4-13(5-8-14)19-22-24-25(23-19)11-18(27)21-15-9-6-12-2-1-3-17(26)16(12)10-15/h4-10H,1-3,11H2,(H,21,27). The highest BCUT2D eigenvalue weighted by Crippen LogP contribution is 2.24. The molecule has 4 rings (SSSR count). The number of aryl methyl sites for hydroxylation is 1. The first kappa shape index (κ1) is 17.4. The van der Waals surface area contributed by atoms with Crippen LogP contribution in [0.4, 0.5) is 5.69 Å². The van der Waals surface area contributed by atoms with Crippen LogP contribution >= 0.6 is 11.6 Å². The van der Waals surface area contributed by atoms with Crippen molar-refractivity contribution in [3.63, 3.8) is 0 Å². The van der Waals surface area contributed by atoms with Crippen LogP contribution in [-0.2, 0) is 17.8 Å². The molecule has 1 aliphatic carbocycles. The molecule has 1 N–H and O–H groups in total. The van der Waals surface area contributed by atoms with Gasteiger partial charge in [0.25, 0.3) is 0 Å². The maximum absolute atomic E-state index is 12.3. The van der Waals surface area contributed by atoms with E-state index in [0.29, 0.717) is 28.5 Å². The second-order valence-electron chi connectivity index (χ2n) is 6.35. The lowest BCUT2D eigenvalue weighted by Gasteiger charge is -2.15. The fraction of sp³-hybridized carbons (Fsp3) is 0.211. The quantitative estimate of drug-likeness (QED) is 0.749. The lowest BCUT2D eigenvalue weighted by Crippen LogP contribution is -2.21. The van der Waals surface area contributed by atoms with Gasteiger partial charge in [0.15, 0.2) is 5.78 Å². The molecule has 0 aliphatic heterocycles. The zero-order chi connectivity index (χ0) is 18.8. The molecule has 0 radical (unpaired) electrons. The van der Waals surface area contributed by atoms with E-state index < -0.39 is 0 Å². The van der Waals surface area contributed by atoms with Crippen molar-refractivity contribution >= 4 is 29.0 Å². The van der Waals surface area contributed by atoms with Gasteiger partial charge in [0.05, 0.1) is 0 Å². The molecule has 0 saturated heterocycles. The Labute approximate surface area is 160 Å². The van der Waals surface area contributed by atoms with Gasteiger partial charge in [-0.15, -0.1) is 10.2 Å². The maximum atomic E-state index is 12.3. The number of aromatic nitrogens is 4. The number of nitrogens with one attached hydrogen (secondary N) is 1. The van der Waals surface area contributed by atoms with Crippen LogP contribution in [0, 0.1) is 0 Å². The lowest BCUT2D eigenvalue weighted by atomic mass is 9.90. The molecule has 0 spiro atoms. The van der Waals surface area contributed by atoms with E-state index in [0.717, 1.165) is 24.0 Å². The van der Waals surface area contributed by atoms with Crippen molar-refractivity contribution in [2.75, 3.05) is 5.32 Å². The Morgan fingerprint density at radius 2 is 1.96 bits per heavy atom. The van der Waals surface area contributed by atoms with Crippen molar-refractivity contribution in [2.45, 2.75) is 25.8 Å². The molecule has 0 unspecified atom stereocenters. The number of rotatable bonds is 4. The number of carbonyl (C=O) groups excluding carboxylic acids is 2. The van der Waals surface area contributed by atoms with Gasteiger partial charge in [-0.1, -0.05) is 17.7 Å². The summed E-state index contributed by atoms with van der Waals surface area (Å²) in [6, 6.07) is 12.5. The fourth-order valence-corrected chi connectivity index (χ4v) is 3.19. The normalized spacial score (nSPS) is 13.3. The molecule has 0 bridgehead atoms. The largest absolute Gasteiger partial charge is 0.324 e. The number of nitrogens with zero attached hydrogens (tertiary/aromatic N) is 4. The first-order valence-electron chi connectivity index (χ1n) is 8.58. The number of halogens is 1. The minimum atomic E-state index is -0.293. The Hall–Kier alpha value is -3.06. The van der Waals surface area contributed by atoms with Gasteiger partial charge >= 0.3 is 0 Å². The molecule has 2 aromatic carbocycles. The molecule has 1 heterocycles. The number of anilines is 1. The van der Waals surface area contributed by atoms with Gasteiger partial charge in [-0.25, -0.2) is 0 Å². The van der Waals surface area contributed by atoms with E-state index in [1.807, 2.05) is 12.1 Å². The van der Waals surface area contributed by atoms with Crippen molar-refractivity contribution in [2.24, 2.45) is 0 Å². The smallest absolute Gasteiger partial charge is 0.248 e. The van der Waals surface area contributed by atoms with E-state index >= 15 is 0 Å². The molecule has 7 nitrogen and oxygen atoms in total. The van der Waals surface area contributed by atoms with E-state index in [1.54, 1.807) is 30.3 Å².